The Kier molecular flexibility index (Phi) is 4.39. The van der Waals surface area contributed by atoms with Crippen molar-refractivity contribution in [1.82, 2.24) is 9.55 Å². The van der Waals surface area contributed by atoms with Gasteiger partial charge in [-0.25, -0.2) is 9.98 Å². The van der Waals surface area contributed by atoms with E-state index in [1.54, 1.807) is 6.20 Å². The van der Waals surface area contributed by atoms with Gasteiger partial charge in [0.15, 0.2) is 0 Å². The molecule has 106 valence electrons. The topological polar surface area (TPSA) is 39.4 Å². The minimum Gasteiger partial charge on any atom is -0.546 e. The SMILES string of the molecule is CC(=Nc1ccc(C)cc1O[SiH](C)C)n1ccnc1C. The van der Waals surface area contributed by atoms with E-state index in [9.17, 15) is 0 Å². The zero-order valence-electron chi connectivity index (χ0n) is 12.7. The molecule has 1 heterocycles. The molecule has 0 radical (unpaired) electrons. The average molecular weight is 287 g/mol. The fourth-order valence-corrected chi connectivity index (χ4v) is 2.71. The van der Waals surface area contributed by atoms with Crippen molar-refractivity contribution in [3.05, 3.63) is 42.0 Å². The van der Waals surface area contributed by atoms with E-state index in [4.69, 9.17) is 9.42 Å². The van der Waals surface area contributed by atoms with E-state index >= 15 is 0 Å². The maximum absolute atomic E-state index is 5.98. The molecule has 2 rings (SSSR count). The standard InChI is InChI=1S/C15H21N3OSi/c1-11-6-7-14(15(10-11)19-20(4)5)17-13(3)18-9-8-16-12(18)2/h6-10,20H,1-5H3. The van der Waals surface area contributed by atoms with Crippen LogP contribution in [0.25, 0.3) is 0 Å². The second kappa shape index (κ2) is 6.05. The molecule has 0 N–H and O–H groups in total. The van der Waals surface area contributed by atoms with Gasteiger partial charge in [0.05, 0.1) is 0 Å². The van der Waals surface area contributed by atoms with E-state index in [0.29, 0.717) is 0 Å². The highest BCUT2D eigenvalue weighted by Gasteiger charge is 2.07. The van der Waals surface area contributed by atoms with Crippen LogP contribution in [0.15, 0.2) is 35.6 Å². The lowest BCUT2D eigenvalue weighted by atomic mass is 10.2. The minimum absolute atomic E-state index is 0.877. The van der Waals surface area contributed by atoms with Crippen molar-refractivity contribution >= 4 is 20.6 Å². The van der Waals surface area contributed by atoms with Crippen molar-refractivity contribution in [2.24, 2.45) is 4.99 Å². The Bertz CT molecular complexity index is 632. The highest BCUT2D eigenvalue weighted by atomic mass is 28.3. The predicted molar refractivity (Wildman–Crippen MR) is 85.8 cm³/mol. The van der Waals surface area contributed by atoms with Crippen LogP contribution in [0, 0.1) is 13.8 Å². The van der Waals surface area contributed by atoms with Crippen LogP contribution in [0.4, 0.5) is 5.69 Å². The molecule has 0 unspecified atom stereocenters. The van der Waals surface area contributed by atoms with Gasteiger partial charge in [0.25, 0.3) is 0 Å². The molecule has 0 aliphatic rings. The zero-order chi connectivity index (χ0) is 14.7. The van der Waals surface area contributed by atoms with Gasteiger partial charge in [0, 0.05) is 12.4 Å². The van der Waals surface area contributed by atoms with Crippen molar-refractivity contribution in [2.75, 3.05) is 0 Å². The fraction of sp³-hybridized carbons (Fsp3) is 0.333. The zero-order valence-corrected chi connectivity index (χ0v) is 13.9. The molecule has 1 aromatic heterocycles. The molecule has 20 heavy (non-hydrogen) atoms. The summed E-state index contributed by atoms with van der Waals surface area (Å²) in [6.07, 6.45) is 3.70. The largest absolute Gasteiger partial charge is 0.546 e. The Morgan fingerprint density at radius 2 is 2.05 bits per heavy atom. The Hall–Kier alpha value is -1.88. The van der Waals surface area contributed by atoms with Gasteiger partial charge in [-0.3, -0.25) is 4.57 Å². The number of imidazole rings is 1. The molecular formula is C15H21N3OSi. The number of nitrogens with zero attached hydrogens (tertiary/aromatic N) is 3. The Morgan fingerprint density at radius 3 is 2.65 bits per heavy atom. The van der Waals surface area contributed by atoms with Crippen LogP contribution in [0.1, 0.15) is 18.3 Å². The molecule has 4 nitrogen and oxygen atoms in total. The molecule has 0 fully saturated rings. The van der Waals surface area contributed by atoms with E-state index in [0.717, 1.165) is 23.1 Å². The first-order chi connectivity index (χ1) is 9.47. The summed E-state index contributed by atoms with van der Waals surface area (Å²) in [7, 11) is -1.15. The van der Waals surface area contributed by atoms with Crippen LogP contribution >= 0.6 is 0 Å². The summed E-state index contributed by atoms with van der Waals surface area (Å²) in [5.74, 6) is 2.70. The molecule has 0 aliphatic carbocycles. The van der Waals surface area contributed by atoms with Gasteiger partial charge < -0.3 is 4.43 Å². The lowest BCUT2D eigenvalue weighted by Gasteiger charge is -2.13. The highest BCUT2D eigenvalue weighted by molar-refractivity contribution is 6.49. The second-order valence-corrected chi connectivity index (χ2v) is 7.47. The van der Waals surface area contributed by atoms with Gasteiger partial charge in [-0.05, 0) is 51.6 Å². The smallest absolute Gasteiger partial charge is 0.229 e. The minimum atomic E-state index is -1.15. The number of aryl methyl sites for hydroxylation is 2. The van der Waals surface area contributed by atoms with E-state index in [2.05, 4.69) is 37.1 Å². The molecule has 0 spiro atoms. The summed E-state index contributed by atoms with van der Waals surface area (Å²) in [4.78, 5) is 8.92. The second-order valence-electron chi connectivity index (χ2n) is 5.14. The van der Waals surface area contributed by atoms with E-state index in [-0.39, 0.29) is 0 Å². The molecular weight excluding hydrogens is 266 g/mol. The summed E-state index contributed by atoms with van der Waals surface area (Å²) in [5.41, 5.74) is 2.06. The molecule has 0 saturated carbocycles. The van der Waals surface area contributed by atoms with Crippen LogP contribution < -0.4 is 4.43 Å². The van der Waals surface area contributed by atoms with E-state index in [1.807, 2.05) is 30.7 Å². The van der Waals surface area contributed by atoms with Crippen LogP contribution in [0.2, 0.25) is 13.1 Å². The summed E-state index contributed by atoms with van der Waals surface area (Å²) in [5, 5.41) is 0. The Labute approximate surface area is 121 Å². The fourth-order valence-electron chi connectivity index (χ4n) is 2.01. The quantitative estimate of drug-likeness (QED) is 0.493. The first-order valence-electron chi connectivity index (χ1n) is 6.80. The normalized spacial score (nSPS) is 12.0. The number of aromatic nitrogens is 2. The van der Waals surface area contributed by atoms with Crippen molar-refractivity contribution < 1.29 is 4.43 Å². The molecule has 1 aromatic carbocycles. The lowest BCUT2D eigenvalue weighted by Crippen LogP contribution is -2.12. The molecule has 0 bridgehead atoms. The number of hydrogen-bond donors (Lipinski definition) is 0. The molecule has 0 amide bonds. The Morgan fingerprint density at radius 1 is 1.30 bits per heavy atom. The maximum Gasteiger partial charge on any atom is 0.229 e. The van der Waals surface area contributed by atoms with E-state index in [1.165, 1.54) is 5.56 Å². The third-order valence-electron chi connectivity index (χ3n) is 2.93. The highest BCUT2D eigenvalue weighted by Crippen LogP contribution is 2.29. The van der Waals surface area contributed by atoms with Crippen molar-refractivity contribution in [2.45, 2.75) is 33.9 Å². The van der Waals surface area contributed by atoms with Crippen LogP contribution in [0.5, 0.6) is 5.75 Å². The van der Waals surface area contributed by atoms with E-state index < -0.39 is 9.04 Å². The van der Waals surface area contributed by atoms with Gasteiger partial charge in [-0.1, -0.05) is 6.07 Å². The first kappa shape index (κ1) is 14.5. The van der Waals surface area contributed by atoms with Gasteiger partial charge in [-0.15, -0.1) is 0 Å². The number of hydrogen-bond acceptors (Lipinski definition) is 3. The first-order valence-corrected chi connectivity index (χ1v) is 9.58. The molecule has 0 aliphatic heterocycles. The number of benzene rings is 1. The Balaban J connectivity index is 2.40. The maximum atomic E-state index is 5.98. The average Bonchev–Trinajstić information content (AvgIpc) is 2.78. The number of rotatable bonds is 3. The predicted octanol–water partition coefficient (Wildman–Crippen LogP) is 3.46. The molecule has 0 saturated heterocycles. The van der Waals surface area contributed by atoms with Crippen molar-refractivity contribution in [3.63, 3.8) is 0 Å². The number of aliphatic imine (C=N–C) groups is 1. The summed E-state index contributed by atoms with van der Waals surface area (Å²) >= 11 is 0. The van der Waals surface area contributed by atoms with Gasteiger partial charge in [0.1, 0.15) is 23.1 Å². The molecule has 5 heteroatoms. The lowest BCUT2D eigenvalue weighted by molar-refractivity contribution is 0.581. The summed E-state index contributed by atoms with van der Waals surface area (Å²) in [6, 6.07) is 6.12. The van der Waals surface area contributed by atoms with Crippen LogP contribution in [-0.4, -0.2) is 24.4 Å². The van der Waals surface area contributed by atoms with Crippen molar-refractivity contribution in [1.29, 1.82) is 0 Å². The van der Waals surface area contributed by atoms with Gasteiger partial charge >= 0.3 is 0 Å². The third-order valence-corrected chi connectivity index (χ3v) is 3.66. The van der Waals surface area contributed by atoms with Gasteiger partial charge in [-0.2, -0.15) is 0 Å². The van der Waals surface area contributed by atoms with Gasteiger partial charge in [0.2, 0.25) is 9.04 Å². The monoisotopic (exact) mass is 287 g/mol. The molecule has 0 atom stereocenters. The molecule has 2 aromatic rings. The van der Waals surface area contributed by atoms with Crippen LogP contribution in [0.3, 0.4) is 0 Å². The summed E-state index contributed by atoms with van der Waals surface area (Å²) < 4.78 is 7.95. The summed E-state index contributed by atoms with van der Waals surface area (Å²) in [6.45, 7) is 10.3. The van der Waals surface area contributed by atoms with Crippen LogP contribution in [-0.2, 0) is 0 Å². The third kappa shape index (κ3) is 3.36. The van der Waals surface area contributed by atoms with Crippen molar-refractivity contribution in [3.8, 4) is 5.75 Å².